The summed E-state index contributed by atoms with van der Waals surface area (Å²) < 4.78 is 33.1. The van der Waals surface area contributed by atoms with Crippen molar-refractivity contribution in [1.29, 1.82) is 0 Å². The fourth-order valence-electron chi connectivity index (χ4n) is 3.56. The number of hydrogen-bond donors (Lipinski definition) is 1. The van der Waals surface area contributed by atoms with E-state index in [1.54, 1.807) is 12.1 Å². The van der Waals surface area contributed by atoms with Gasteiger partial charge in [-0.05, 0) is 81.1 Å². The quantitative estimate of drug-likeness (QED) is 0.673. The van der Waals surface area contributed by atoms with Crippen LogP contribution < -0.4 is 10.1 Å². The average Bonchev–Trinajstić information content (AvgIpc) is 2.75. The maximum atomic E-state index is 12.9. The molecule has 2 aromatic carbocycles. The van der Waals surface area contributed by atoms with E-state index in [0.717, 1.165) is 11.3 Å². The second-order valence-electron chi connectivity index (χ2n) is 8.12. The van der Waals surface area contributed by atoms with E-state index in [4.69, 9.17) is 16.3 Å². The minimum Gasteiger partial charge on any atom is -0.491 e. The van der Waals surface area contributed by atoms with Gasteiger partial charge in [-0.25, -0.2) is 8.42 Å². The molecule has 1 fully saturated rings. The number of carbonyl (C=O) groups is 1. The van der Waals surface area contributed by atoms with Crippen LogP contribution in [0.1, 0.15) is 30.9 Å². The van der Waals surface area contributed by atoms with Gasteiger partial charge < -0.3 is 10.1 Å². The molecular weight excluding hydrogens is 436 g/mol. The van der Waals surface area contributed by atoms with Gasteiger partial charge in [0.2, 0.25) is 15.9 Å². The Morgan fingerprint density at radius 2 is 1.90 bits per heavy atom. The summed E-state index contributed by atoms with van der Waals surface area (Å²) in [5.41, 5.74) is 2.35. The third kappa shape index (κ3) is 5.99. The highest BCUT2D eigenvalue weighted by Gasteiger charge is 2.33. The fraction of sp³-hybridized carbons (Fsp3) is 0.435. The summed E-state index contributed by atoms with van der Waals surface area (Å²) in [5.74, 6) is 0.231. The largest absolute Gasteiger partial charge is 0.491 e. The molecule has 0 aliphatic carbocycles. The zero-order valence-corrected chi connectivity index (χ0v) is 19.7. The number of benzene rings is 2. The number of halogens is 1. The highest BCUT2D eigenvalue weighted by atomic mass is 35.5. The van der Waals surface area contributed by atoms with Crippen LogP contribution in [-0.4, -0.2) is 44.4 Å². The van der Waals surface area contributed by atoms with E-state index < -0.39 is 10.0 Å². The van der Waals surface area contributed by atoms with Crippen molar-refractivity contribution < 1.29 is 17.9 Å². The summed E-state index contributed by atoms with van der Waals surface area (Å²) >= 11 is 5.87. The first-order valence-electron chi connectivity index (χ1n) is 10.4. The van der Waals surface area contributed by atoms with Crippen molar-refractivity contribution in [3.8, 4) is 5.75 Å². The molecule has 0 unspecified atom stereocenters. The number of rotatable bonds is 7. The molecule has 0 bridgehead atoms. The molecule has 31 heavy (non-hydrogen) atoms. The molecule has 168 valence electrons. The van der Waals surface area contributed by atoms with Crippen molar-refractivity contribution in [2.24, 2.45) is 5.92 Å². The van der Waals surface area contributed by atoms with Gasteiger partial charge in [0.1, 0.15) is 12.4 Å². The standard InChI is InChI=1S/C23H29ClN2O4S/c1-16-6-9-21(13-17(16)2)30-15-18(3)25-23(27)19-5-4-12-26(14-19)31(28,29)22-10-7-20(24)8-11-22/h6-11,13,18-19H,4-5,12,14-15H2,1-3H3,(H,25,27)/t18-,19-/m1/s1. The molecule has 6 nitrogen and oxygen atoms in total. The number of amides is 1. The lowest BCUT2D eigenvalue weighted by Crippen LogP contribution is -2.48. The van der Waals surface area contributed by atoms with E-state index in [2.05, 4.69) is 5.32 Å². The number of aryl methyl sites for hydroxylation is 2. The Morgan fingerprint density at radius 3 is 2.58 bits per heavy atom. The maximum Gasteiger partial charge on any atom is 0.243 e. The van der Waals surface area contributed by atoms with Gasteiger partial charge >= 0.3 is 0 Å². The van der Waals surface area contributed by atoms with Crippen molar-refractivity contribution in [3.05, 3.63) is 58.6 Å². The molecule has 1 amide bonds. The second-order valence-corrected chi connectivity index (χ2v) is 10.5. The first-order valence-corrected chi connectivity index (χ1v) is 12.2. The number of ether oxygens (including phenoxy) is 1. The number of nitrogens with one attached hydrogen (secondary N) is 1. The van der Waals surface area contributed by atoms with Crippen LogP contribution in [0.4, 0.5) is 0 Å². The summed E-state index contributed by atoms with van der Waals surface area (Å²) in [5, 5.41) is 3.44. The minimum atomic E-state index is -3.66. The zero-order chi connectivity index (χ0) is 22.6. The normalized spacial score (nSPS) is 18.4. The van der Waals surface area contributed by atoms with Gasteiger partial charge in [-0.15, -0.1) is 0 Å². The minimum absolute atomic E-state index is 0.146. The number of hydrogen-bond acceptors (Lipinski definition) is 4. The lowest BCUT2D eigenvalue weighted by atomic mass is 9.98. The SMILES string of the molecule is Cc1ccc(OC[C@@H](C)NC(=O)[C@@H]2CCCN(S(=O)(=O)c3ccc(Cl)cc3)C2)cc1C. The van der Waals surface area contributed by atoms with Crippen molar-refractivity contribution in [1.82, 2.24) is 9.62 Å². The Bertz CT molecular complexity index is 1020. The predicted octanol–water partition coefficient (Wildman–Crippen LogP) is 3.94. The van der Waals surface area contributed by atoms with Crippen molar-refractivity contribution in [2.45, 2.75) is 44.6 Å². The number of piperidine rings is 1. The molecule has 0 spiro atoms. The average molecular weight is 465 g/mol. The van der Waals surface area contributed by atoms with Crippen LogP contribution in [0.15, 0.2) is 47.4 Å². The molecule has 1 aliphatic rings. The van der Waals surface area contributed by atoms with Crippen molar-refractivity contribution in [2.75, 3.05) is 19.7 Å². The molecule has 1 N–H and O–H groups in total. The molecule has 0 aromatic heterocycles. The van der Waals surface area contributed by atoms with Gasteiger partial charge in [0.25, 0.3) is 0 Å². The van der Waals surface area contributed by atoms with E-state index >= 15 is 0 Å². The van der Waals surface area contributed by atoms with E-state index in [-0.39, 0.29) is 29.3 Å². The lowest BCUT2D eigenvalue weighted by molar-refractivity contribution is -0.126. The molecule has 0 saturated carbocycles. The second kappa shape index (κ2) is 10.0. The Balaban J connectivity index is 1.56. The van der Waals surface area contributed by atoms with Crippen molar-refractivity contribution in [3.63, 3.8) is 0 Å². The molecule has 2 atom stereocenters. The first kappa shape index (κ1) is 23.6. The van der Waals surface area contributed by atoms with Gasteiger partial charge in [-0.2, -0.15) is 4.31 Å². The monoisotopic (exact) mass is 464 g/mol. The van der Waals surface area contributed by atoms with Crippen LogP contribution in [0.25, 0.3) is 0 Å². The highest BCUT2D eigenvalue weighted by molar-refractivity contribution is 7.89. The van der Waals surface area contributed by atoms with E-state index in [1.807, 2.05) is 39.0 Å². The zero-order valence-electron chi connectivity index (χ0n) is 18.1. The molecule has 8 heteroatoms. The molecule has 1 heterocycles. The van der Waals surface area contributed by atoms with E-state index in [1.165, 1.54) is 22.0 Å². The van der Waals surface area contributed by atoms with Gasteiger partial charge in [0, 0.05) is 18.1 Å². The number of nitrogens with zero attached hydrogens (tertiary/aromatic N) is 1. The topological polar surface area (TPSA) is 75.7 Å². The van der Waals surface area contributed by atoms with E-state index in [0.29, 0.717) is 31.0 Å². The highest BCUT2D eigenvalue weighted by Crippen LogP contribution is 2.25. The Kier molecular flexibility index (Phi) is 7.62. The molecule has 3 rings (SSSR count). The third-order valence-corrected chi connectivity index (χ3v) is 7.70. The Hall–Kier alpha value is -2.09. The van der Waals surface area contributed by atoms with Crippen LogP contribution in [0, 0.1) is 19.8 Å². The third-order valence-electron chi connectivity index (χ3n) is 5.57. The summed E-state index contributed by atoms with van der Waals surface area (Å²) in [6, 6.07) is 11.8. The molecule has 1 saturated heterocycles. The number of carbonyl (C=O) groups excluding carboxylic acids is 1. The Morgan fingerprint density at radius 1 is 1.19 bits per heavy atom. The van der Waals surface area contributed by atoms with Crippen LogP contribution in [0.5, 0.6) is 5.75 Å². The summed E-state index contributed by atoms with van der Waals surface area (Å²) in [7, 11) is -3.66. The summed E-state index contributed by atoms with van der Waals surface area (Å²) in [6.45, 7) is 6.86. The molecule has 2 aromatic rings. The van der Waals surface area contributed by atoms with Gasteiger partial charge in [0.15, 0.2) is 0 Å². The van der Waals surface area contributed by atoms with Crippen LogP contribution in [-0.2, 0) is 14.8 Å². The number of sulfonamides is 1. The maximum absolute atomic E-state index is 12.9. The summed E-state index contributed by atoms with van der Waals surface area (Å²) in [4.78, 5) is 13.0. The fourth-order valence-corrected chi connectivity index (χ4v) is 5.21. The van der Waals surface area contributed by atoms with E-state index in [9.17, 15) is 13.2 Å². The lowest BCUT2D eigenvalue weighted by Gasteiger charge is -2.31. The molecule has 1 aliphatic heterocycles. The Labute approximate surface area is 189 Å². The molecular formula is C23H29ClN2O4S. The summed E-state index contributed by atoms with van der Waals surface area (Å²) in [6.07, 6.45) is 1.29. The predicted molar refractivity (Wildman–Crippen MR) is 122 cm³/mol. The van der Waals surface area contributed by atoms with Crippen LogP contribution in [0.2, 0.25) is 5.02 Å². The van der Waals surface area contributed by atoms with Crippen LogP contribution >= 0.6 is 11.6 Å². The van der Waals surface area contributed by atoms with Gasteiger partial charge in [-0.1, -0.05) is 17.7 Å². The van der Waals surface area contributed by atoms with Crippen molar-refractivity contribution >= 4 is 27.5 Å². The first-order chi connectivity index (χ1) is 14.7. The smallest absolute Gasteiger partial charge is 0.243 e. The molecule has 0 radical (unpaired) electrons. The van der Waals surface area contributed by atoms with Crippen LogP contribution in [0.3, 0.4) is 0 Å². The van der Waals surface area contributed by atoms with Gasteiger partial charge in [-0.3, -0.25) is 4.79 Å². The van der Waals surface area contributed by atoms with Gasteiger partial charge in [0.05, 0.1) is 16.9 Å².